The van der Waals surface area contributed by atoms with Gasteiger partial charge < -0.3 is 10.3 Å². The van der Waals surface area contributed by atoms with Crippen LogP contribution in [0.25, 0.3) is 10.9 Å². The molecular formula is C19H14Cl2F3N5O5S2. The van der Waals surface area contributed by atoms with Gasteiger partial charge in [-0.15, -0.1) is 0 Å². The molecule has 0 aliphatic carbocycles. The van der Waals surface area contributed by atoms with Gasteiger partial charge in [-0.25, -0.2) is 21.6 Å². The van der Waals surface area contributed by atoms with E-state index in [1.54, 1.807) is 6.07 Å². The average Bonchev–Trinajstić information content (AvgIpc) is 3.20. The van der Waals surface area contributed by atoms with Crippen molar-refractivity contribution >= 4 is 65.7 Å². The first-order valence-electron chi connectivity index (χ1n) is 9.54. The number of alkyl halides is 3. The lowest BCUT2D eigenvalue weighted by Gasteiger charge is -2.13. The maximum Gasteiger partial charge on any atom is 0.471 e. The molecule has 0 saturated carbocycles. The SMILES string of the molecule is N#Cc1cc(S(=O)(=O)Nc2ccc(Cl)c3c(Cl)c[nH]c23)ccc1S(=O)(=O)NCCNC(=O)C(F)(F)F. The van der Waals surface area contributed by atoms with E-state index in [1.165, 1.54) is 23.6 Å². The molecule has 0 unspecified atom stereocenters. The number of nitrogens with one attached hydrogen (secondary N) is 4. The Labute approximate surface area is 212 Å². The third-order valence-corrected chi connectivity index (χ3v) is 8.11. The van der Waals surface area contributed by atoms with E-state index >= 15 is 0 Å². The molecule has 3 rings (SSSR count). The molecular weight excluding hydrogens is 570 g/mol. The van der Waals surface area contributed by atoms with Gasteiger partial charge >= 0.3 is 12.1 Å². The first-order chi connectivity index (χ1) is 16.7. The van der Waals surface area contributed by atoms with E-state index in [2.05, 4.69) is 9.71 Å². The molecule has 1 aromatic heterocycles. The number of aromatic amines is 1. The van der Waals surface area contributed by atoms with E-state index in [0.717, 1.165) is 18.2 Å². The maximum atomic E-state index is 12.9. The van der Waals surface area contributed by atoms with Gasteiger partial charge in [-0.3, -0.25) is 9.52 Å². The van der Waals surface area contributed by atoms with Crippen LogP contribution >= 0.6 is 23.2 Å². The second kappa shape index (κ2) is 10.1. The summed E-state index contributed by atoms with van der Waals surface area (Å²) in [7, 11) is -8.77. The molecule has 0 saturated heterocycles. The molecule has 0 aliphatic heterocycles. The molecule has 0 aliphatic rings. The number of nitrogens with zero attached hydrogens (tertiary/aromatic N) is 1. The number of halogens is 5. The van der Waals surface area contributed by atoms with Gasteiger partial charge in [0.2, 0.25) is 10.0 Å². The number of carbonyl (C=O) groups is 1. The number of amides is 1. The number of sulfonamides is 2. The summed E-state index contributed by atoms with van der Waals surface area (Å²) >= 11 is 12.1. The molecule has 2 aromatic carbocycles. The van der Waals surface area contributed by atoms with Gasteiger partial charge in [-0.2, -0.15) is 18.4 Å². The van der Waals surface area contributed by atoms with Crippen LogP contribution in [-0.4, -0.2) is 47.0 Å². The Kier molecular flexibility index (Phi) is 7.77. The summed E-state index contributed by atoms with van der Waals surface area (Å²) in [5, 5.41) is 11.8. The van der Waals surface area contributed by atoms with Crippen LogP contribution in [0.2, 0.25) is 10.0 Å². The van der Waals surface area contributed by atoms with Gasteiger partial charge in [0.25, 0.3) is 10.0 Å². The largest absolute Gasteiger partial charge is 0.471 e. The molecule has 0 fully saturated rings. The number of H-pyrrole nitrogens is 1. The molecule has 1 heterocycles. The monoisotopic (exact) mass is 583 g/mol. The van der Waals surface area contributed by atoms with Crippen LogP contribution < -0.4 is 14.8 Å². The van der Waals surface area contributed by atoms with Crippen molar-refractivity contribution in [2.45, 2.75) is 16.0 Å². The predicted octanol–water partition coefficient (Wildman–Crippen LogP) is 3.10. The van der Waals surface area contributed by atoms with E-state index in [9.17, 15) is 40.1 Å². The highest BCUT2D eigenvalue weighted by molar-refractivity contribution is 7.92. The van der Waals surface area contributed by atoms with Crippen molar-refractivity contribution in [3.63, 3.8) is 0 Å². The highest BCUT2D eigenvalue weighted by atomic mass is 35.5. The van der Waals surface area contributed by atoms with Crippen molar-refractivity contribution in [2.24, 2.45) is 0 Å². The highest BCUT2D eigenvalue weighted by Gasteiger charge is 2.38. The van der Waals surface area contributed by atoms with Crippen molar-refractivity contribution in [3.8, 4) is 6.07 Å². The van der Waals surface area contributed by atoms with Crippen molar-refractivity contribution in [3.05, 3.63) is 52.1 Å². The van der Waals surface area contributed by atoms with Crippen molar-refractivity contribution < 1.29 is 34.8 Å². The summed E-state index contributed by atoms with van der Waals surface area (Å²) in [6.07, 6.45) is -3.72. The quantitative estimate of drug-likeness (QED) is 0.298. The topological polar surface area (TPSA) is 161 Å². The minimum Gasteiger partial charge on any atom is -0.358 e. The third kappa shape index (κ3) is 5.85. The van der Waals surface area contributed by atoms with Gasteiger partial charge in [0.15, 0.2) is 0 Å². The first kappa shape index (κ1) is 27.6. The number of benzene rings is 2. The fourth-order valence-electron chi connectivity index (χ4n) is 2.99. The summed E-state index contributed by atoms with van der Waals surface area (Å²) in [5.41, 5.74) is -0.175. The number of hydrogen-bond donors (Lipinski definition) is 4. The fourth-order valence-corrected chi connectivity index (χ4v) is 5.82. The molecule has 0 bridgehead atoms. The van der Waals surface area contributed by atoms with Crippen LogP contribution in [0, 0.1) is 11.3 Å². The van der Waals surface area contributed by atoms with Crippen LogP contribution in [0.5, 0.6) is 0 Å². The molecule has 3 aromatic rings. The van der Waals surface area contributed by atoms with Gasteiger partial charge in [0.1, 0.15) is 6.07 Å². The van der Waals surface area contributed by atoms with Crippen molar-refractivity contribution in [1.29, 1.82) is 5.26 Å². The summed E-state index contributed by atoms with van der Waals surface area (Å²) in [6, 6.07) is 6.97. The fraction of sp³-hybridized carbons (Fsp3) is 0.158. The van der Waals surface area contributed by atoms with Crippen LogP contribution in [0.3, 0.4) is 0 Å². The second-order valence-electron chi connectivity index (χ2n) is 7.01. The van der Waals surface area contributed by atoms with Gasteiger partial charge in [-0.1, -0.05) is 23.2 Å². The van der Waals surface area contributed by atoms with Crippen LogP contribution in [0.4, 0.5) is 18.9 Å². The normalized spacial score (nSPS) is 12.3. The van der Waals surface area contributed by atoms with Crippen molar-refractivity contribution in [2.75, 3.05) is 17.8 Å². The van der Waals surface area contributed by atoms with E-state index in [1.807, 2.05) is 4.72 Å². The smallest absolute Gasteiger partial charge is 0.358 e. The summed E-state index contributed by atoms with van der Waals surface area (Å²) in [4.78, 5) is 12.5. The predicted molar refractivity (Wildman–Crippen MR) is 125 cm³/mol. The van der Waals surface area contributed by atoms with E-state index in [0.29, 0.717) is 5.39 Å². The van der Waals surface area contributed by atoms with Gasteiger partial charge in [-0.05, 0) is 30.3 Å². The zero-order chi connectivity index (χ0) is 26.9. The Morgan fingerprint density at radius 2 is 1.72 bits per heavy atom. The maximum absolute atomic E-state index is 12.9. The summed E-state index contributed by atoms with van der Waals surface area (Å²) < 4.78 is 91.6. The minimum atomic E-state index is -5.13. The van der Waals surface area contributed by atoms with Crippen LogP contribution in [0.1, 0.15) is 5.56 Å². The number of anilines is 1. The Hall–Kier alpha value is -3.03. The Bertz CT molecular complexity index is 1600. The zero-order valence-electron chi connectivity index (χ0n) is 17.6. The molecule has 4 N–H and O–H groups in total. The number of carbonyl (C=O) groups excluding carboxylic acids is 1. The lowest BCUT2D eigenvalue weighted by atomic mass is 10.2. The van der Waals surface area contributed by atoms with Crippen molar-refractivity contribution in [1.82, 2.24) is 15.0 Å². The molecule has 0 atom stereocenters. The molecule has 1 amide bonds. The molecule has 0 spiro atoms. The molecule has 192 valence electrons. The molecule has 17 heteroatoms. The zero-order valence-corrected chi connectivity index (χ0v) is 20.7. The first-order valence-corrected chi connectivity index (χ1v) is 13.3. The number of aromatic nitrogens is 1. The van der Waals surface area contributed by atoms with Gasteiger partial charge in [0, 0.05) is 24.7 Å². The lowest BCUT2D eigenvalue weighted by Crippen LogP contribution is -2.41. The lowest BCUT2D eigenvalue weighted by molar-refractivity contribution is -0.173. The van der Waals surface area contributed by atoms with Crippen LogP contribution in [-0.2, 0) is 24.8 Å². The Morgan fingerprint density at radius 1 is 1.03 bits per heavy atom. The Balaban J connectivity index is 1.82. The van der Waals surface area contributed by atoms with E-state index in [4.69, 9.17) is 23.2 Å². The number of hydrogen-bond acceptors (Lipinski definition) is 6. The summed E-state index contributed by atoms with van der Waals surface area (Å²) in [5.74, 6) is -2.25. The minimum absolute atomic E-state index is 0.0825. The van der Waals surface area contributed by atoms with E-state index in [-0.39, 0.29) is 21.2 Å². The highest BCUT2D eigenvalue weighted by Crippen LogP contribution is 2.35. The molecule has 10 nitrogen and oxygen atoms in total. The molecule has 0 radical (unpaired) electrons. The standard InChI is InChI=1S/C19H14Cl2F3N5O5S2/c20-12-2-3-14(17-16(12)13(21)9-27-17)29-35(31,32)11-1-4-15(10(7-11)8-25)36(33,34)28-6-5-26-18(30)19(22,23)24/h1-4,7,9,27-29H,5-6H2,(H,26,30). The average molecular weight is 584 g/mol. The van der Waals surface area contributed by atoms with E-state index < -0.39 is 60.6 Å². The summed E-state index contributed by atoms with van der Waals surface area (Å²) in [6.45, 7) is -1.31. The number of fused-ring (bicyclic) bond motifs is 1. The Morgan fingerprint density at radius 3 is 2.36 bits per heavy atom. The number of nitriles is 1. The second-order valence-corrected chi connectivity index (χ2v) is 11.2. The number of rotatable bonds is 8. The molecule has 36 heavy (non-hydrogen) atoms. The van der Waals surface area contributed by atoms with Gasteiger partial charge in [0.05, 0.1) is 36.6 Å². The van der Waals surface area contributed by atoms with Crippen LogP contribution in [0.15, 0.2) is 46.3 Å². The third-order valence-electron chi connectivity index (χ3n) is 4.61.